The predicted molar refractivity (Wildman–Crippen MR) is 130 cm³/mol. The summed E-state index contributed by atoms with van der Waals surface area (Å²) >= 11 is 0. The molecule has 0 aliphatic heterocycles. The fourth-order valence-electron chi connectivity index (χ4n) is 3.54. The molecule has 0 bridgehead atoms. The molecule has 170 valence electrons. The van der Waals surface area contributed by atoms with Crippen molar-refractivity contribution in [2.75, 3.05) is 30.3 Å². The number of anilines is 1. The SMILES string of the molecule is Cc1ccc(C)c(N(CCCC(=O)NCCOc2ccc3ccccc3c2)S(C)(=O)=O)c1. The highest BCUT2D eigenvalue weighted by atomic mass is 32.2. The molecule has 1 N–H and O–H groups in total. The van der Waals surface area contributed by atoms with Crippen LogP contribution in [0.15, 0.2) is 60.7 Å². The van der Waals surface area contributed by atoms with Gasteiger partial charge in [0, 0.05) is 13.0 Å². The normalized spacial score (nSPS) is 11.3. The van der Waals surface area contributed by atoms with E-state index in [-0.39, 0.29) is 18.9 Å². The molecule has 0 aliphatic carbocycles. The third-order valence-corrected chi connectivity index (χ3v) is 6.39. The number of nitrogens with one attached hydrogen (secondary N) is 1. The van der Waals surface area contributed by atoms with Gasteiger partial charge >= 0.3 is 0 Å². The summed E-state index contributed by atoms with van der Waals surface area (Å²) in [7, 11) is -3.44. The van der Waals surface area contributed by atoms with Gasteiger partial charge in [0.1, 0.15) is 12.4 Å². The zero-order chi connectivity index (χ0) is 23.1. The van der Waals surface area contributed by atoms with Crippen LogP contribution in [0.4, 0.5) is 5.69 Å². The highest BCUT2D eigenvalue weighted by Crippen LogP contribution is 2.24. The summed E-state index contributed by atoms with van der Waals surface area (Å²) in [5, 5.41) is 5.09. The number of ether oxygens (including phenoxy) is 1. The third-order valence-electron chi connectivity index (χ3n) is 5.21. The molecule has 0 radical (unpaired) electrons. The van der Waals surface area contributed by atoms with E-state index in [4.69, 9.17) is 4.74 Å². The van der Waals surface area contributed by atoms with E-state index in [0.717, 1.165) is 27.6 Å². The number of carbonyl (C=O) groups is 1. The summed E-state index contributed by atoms with van der Waals surface area (Å²) < 4.78 is 31.7. The Morgan fingerprint density at radius 2 is 1.75 bits per heavy atom. The molecule has 0 aliphatic rings. The largest absolute Gasteiger partial charge is 0.492 e. The summed E-state index contributed by atoms with van der Waals surface area (Å²) in [5.74, 6) is 0.636. The smallest absolute Gasteiger partial charge is 0.232 e. The summed E-state index contributed by atoms with van der Waals surface area (Å²) in [4.78, 5) is 12.2. The second-order valence-electron chi connectivity index (χ2n) is 7.94. The van der Waals surface area contributed by atoms with Gasteiger partial charge in [0.15, 0.2) is 0 Å². The summed E-state index contributed by atoms with van der Waals surface area (Å²) in [6, 6.07) is 19.7. The minimum Gasteiger partial charge on any atom is -0.492 e. The van der Waals surface area contributed by atoms with Crippen LogP contribution in [-0.2, 0) is 14.8 Å². The fourth-order valence-corrected chi connectivity index (χ4v) is 4.56. The van der Waals surface area contributed by atoms with E-state index in [1.165, 1.54) is 10.6 Å². The van der Waals surface area contributed by atoms with Crippen LogP contribution >= 0.6 is 0 Å². The van der Waals surface area contributed by atoms with Crippen LogP contribution in [0.5, 0.6) is 5.75 Å². The Morgan fingerprint density at radius 1 is 1.00 bits per heavy atom. The number of nitrogens with zero attached hydrogens (tertiary/aromatic N) is 1. The zero-order valence-electron chi connectivity index (χ0n) is 18.8. The number of carbonyl (C=O) groups excluding carboxylic acids is 1. The van der Waals surface area contributed by atoms with Crippen LogP contribution in [0.3, 0.4) is 0 Å². The number of sulfonamides is 1. The van der Waals surface area contributed by atoms with E-state index >= 15 is 0 Å². The number of hydrogen-bond acceptors (Lipinski definition) is 4. The Morgan fingerprint density at radius 3 is 2.50 bits per heavy atom. The van der Waals surface area contributed by atoms with Crippen LogP contribution in [0.1, 0.15) is 24.0 Å². The number of fused-ring (bicyclic) bond motifs is 1. The Balaban J connectivity index is 1.44. The number of benzene rings is 3. The van der Waals surface area contributed by atoms with Gasteiger partial charge in [-0.15, -0.1) is 0 Å². The molecule has 7 heteroatoms. The molecular formula is C25H30N2O4S. The first-order valence-corrected chi connectivity index (χ1v) is 12.5. The maximum absolute atomic E-state index is 12.3. The van der Waals surface area contributed by atoms with Gasteiger partial charge < -0.3 is 10.1 Å². The van der Waals surface area contributed by atoms with Crippen molar-refractivity contribution in [1.29, 1.82) is 0 Å². The van der Waals surface area contributed by atoms with Crippen molar-refractivity contribution in [3.63, 3.8) is 0 Å². The summed E-state index contributed by atoms with van der Waals surface area (Å²) in [6.07, 6.45) is 1.86. The topological polar surface area (TPSA) is 75.7 Å². The van der Waals surface area contributed by atoms with Gasteiger partial charge in [-0.1, -0.05) is 42.5 Å². The lowest BCUT2D eigenvalue weighted by Gasteiger charge is -2.24. The highest BCUT2D eigenvalue weighted by molar-refractivity contribution is 7.92. The zero-order valence-corrected chi connectivity index (χ0v) is 19.6. The highest BCUT2D eigenvalue weighted by Gasteiger charge is 2.19. The number of hydrogen-bond donors (Lipinski definition) is 1. The first-order valence-electron chi connectivity index (χ1n) is 10.7. The molecule has 3 aromatic rings. The van der Waals surface area contributed by atoms with Crippen molar-refractivity contribution in [2.45, 2.75) is 26.7 Å². The van der Waals surface area contributed by atoms with Gasteiger partial charge in [0.2, 0.25) is 15.9 Å². The fraction of sp³-hybridized carbons (Fsp3) is 0.320. The van der Waals surface area contributed by atoms with E-state index in [9.17, 15) is 13.2 Å². The molecule has 3 rings (SSSR count). The molecule has 6 nitrogen and oxygen atoms in total. The van der Waals surface area contributed by atoms with Crippen LogP contribution in [0.2, 0.25) is 0 Å². The van der Waals surface area contributed by atoms with Crippen molar-refractivity contribution in [2.24, 2.45) is 0 Å². The second-order valence-corrected chi connectivity index (χ2v) is 9.84. The minimum absolute atomic E-state index is 0.124. The molecule has 0 fully saturated rings. The molecule has 1 amide bonds. The van der Waals surface area contributed by atoms with E-state index < -0.39 is 10.0 Å². The van der Waals surface area contributed by atoms with Crippen molar-refractivity contribution >= 4 is 32.4 Å². The van der Waals surface area contributed by atoms with E-state index in [0.29, 0.717) is 25.3 Å². The third kappa shape index (κ3) is 6.47. The lowest BCUT2D eigenvalue weighted by molar-refractivity contribution is -0.121. The molecule has 0 saturated carbocycles. The predicted octanol–water partition coefficient (Wildman–Crippen LogP) is 4.20. The van der Waals surface area contributed by atoms with Crippen LogP contribution in [0.25, 0.3) is 10.8 Å². The first-order chi connectivity index (χ1) is 15.2. The molecule has 3 aromatic carbocycles. The van der Waals surface area contributed by atoms with Gasteiger partial charge in [-0.2, -0.15) is 0 Å². The number of rotatable bonds is 10. The molecule has 0 atom stereocenters. The maximum Gasteiger partial charge on any atom is 0.232 e. The molecule has 0 heterocycles. The van der Waals surface area contributed by atoms with Crippen LogP contribution in [0, 0.1) is 13.8 Å². The molecule has 0 unspecified atom stereocenters. The van der Waals surface area contributed by atoms with Crippen molar-refractivity contribution in [3.05, 3.63) is 71.8 Å². The lowest BCUT2D eigenvalue weighted by Crippen LogP contribution is -2.33. The van der Waals surface area contributed by atoms with Crippen molar-refractivity contribution < 1.29 is 17.9 Å². The molecule has 0 saturated heterocycles. The van der Waals surface area contributed by atoms with Crippen LogP contribution < -0.4 is 14.4 Å². The van der Waals surface area contributed by atoms with Crippen molar-refractivity contribution in [3.8, 4) is 5.75 Å². The molecule has 0 aromatic heterocycles. The summed E-state index contributed by atoms with van der Waals surface area (Å²) in [5.41, 5.74) is 2.54. The molecular weight excluding hydrogens is 424 g/mol. The van der Waals surface area contributed by atoms with Gasteiger partial charge in [-0.3, -0.25) is 9.10 Å². The number of aryl methyl sites for hydroxylation is 2. The van der Waals surface area contributed by atoms with Gasteiger partial charge in [-0.05, 0) is 60.4 Å². The molecule has 0 spiro atoms. The Bertz CT molecular complexity index is 1190. The summed E-state index contributed by atoms with van der Waals surface area (Å²) in [6.45, 7) is 4.82. The minimum atomic E-state index is -3.44. The second kappa shape index (κ2) is 10.5. The monoisotopic (exact) mass is 454 g/mol. The molecule has 32 heavy (non-hydrogen) atoms. The van der Waals surface area contributed by atoms with E-state index in [1.807, 2.05) is 74.5 Å². The van der Waals surface area contributed by atoms with Crippen molar-refractivity contribution in [1.82, 2.24) is 5.32 Å². The first kappa shape index (κ1) is 23.6. The average molecular weight is 455 g/mol. The van der Waals surface area contributed by atoms with E-state index in [2.05, 4.69) is 5.32 Å². The Kier molecular flexibility index (Phi) is 7.75. The maximum atomic E-state index is 12.3. The Labute approximate surface area is 190 Å². The van der Waals surface area contributed by atoms with Gasteiger partial charge in [0.25, 0.3) is 0 Å². The average Bonchev–Trinajstić information content (AvgIpc) is 2.75. The van der Waals surface area contributed by atoms with E-state index in [1.54, 1.807) is 0 Å². The number of amides is 1. The standard InChI is InChI=1S/C25H30N2O4S/c1-19-10-11-20(2)24(17-19)27(32(3,29)30)15-6-9-25(28)26-14-16-31-23-13-12-21-7-4-5-8-22(21)18-23/h4-5,7-8,10-13,17-18H,6,9,14-16H2,1-3H3,(H,26,28). The lowest BCUT2D eigenvalue weighted by atomic mass is 10.1. The van der Waals surface area contributed by atoms with Gasteiger partial charge in [0.05, 0.1) is 18.5 Å². The Hall–Kier alpha value is -3.06. The van der Waals surface area contributed by atoms with Gasteiger partial charge in [-0.25, -0.2) is 8.42 Å². The quantitative estimate of drug-likeness (QED) is 0.466. The van der Waals surface area contributed by atoms with Crippen LogP contribution in [-0.4, -0.2) is 40.3 Å².